The first kappa shape index (κ1) is 8.56. The molecule has 14 heavy (non-hydrogen) atoms. The highest BCUT2D eigenvalue weighted by Gasteiger charge is 2.06. The van der Waals surface area contributed by atoms with Gasteiger partial charge >= 0.3 is 5.97 Å². The van der Waals surface area contributed by atoms with Crippen LogP contribution in [0.25, 0.3) is 17.2 Å². The predicted octanol–water partition coefficient (Wildman–Crippen LogP) is 2.48. The second-order valence-electron chi connectivity index (χ2n) is 2.85. The largest absolute Gasteiger partial charge is 0.478 e. The molecule has 0 bridgehead atoms. The molecule has 3 nitrogen and oxygen atoms in total. The van der Waals surface area contributed by atoms with E-state index in [0.717, 1.165) is 17.2 Å². The van der Waals surface area contributed by atoms with Gasteiger partial charge in [0.15, 0.2) is 0 Å². The van der Waals surface area contributed by atoms with Crippen molar-refractivity contribution in [3.63, 3.8) is 0 Å². The minimum atomic E-state index is -0.983. The highest BCUT2D eigenvalue weighted by Crippen LogP contribution is 2.27. The van der Waals surface area contributed by atoms with E-state index in [4.69, 9.17) is 9.52 Å². The van der Waals surface area contributed by atoms with Crippen LogP contribution in [-0.2, 0) is 4.79 Å². The molecule has 0 aromatic rings. The minimum absolute atomic E-state index is 0.565. The fourth-order valence-electron chi connectivity index (χ4n) is 1.32. The molecule has 0 atom stereocenters. The van der Waals surface area contributed by atoms with Crippen molar-refractivity contribution in [3.05, 3.63) is 42.4 Å². The lowest BCUT2D eigenvalue weighted by Crippen LogP contribution is -1.86. The van der Waals surface area contributed by atoms with E-state index in [-0.39, 0.29) is 0 Å². The summed E-state index contributed by atoms with van der Waals surface area (Å²) in [6, 6.07) is 7.58. The summed E-state index contributed by atoms with van der Waals surface area (Å²) in [5.74, 6) is -0.418. The average Bonchev–Trinajstić information content (AvgIpc) is 2.62. The maximum atomic E-state index is 10.3. The van der Waals surface area contributed by atoms with Gasteiger partial charge in [-0.2, -0.15) is 0 Å². The third kappa shape index (κ3) is 1.52. The molecule has 70 valence electrons. The van der Waals surface area contributed by atoms with Crippen molar-refractivity contribution in [1.29, 1.82) is 0 Å². The molecule has 1 aliphatic heterocycles. The second kappa shape index (κ2) is 3.38. The van der Waals surface area contributed by atoms with E-state index in [1.54, 1.807) is 6.26 Å². The van der Waals surface area contributed by atoms with E-state index in [2.05, 4.69) is 0 Å². The number of rotatable bonds is 2. The van der Waals surface area contributed by atoms with Crippen molar-refractivity contribution in [2.45, 2.75) is 0 Å². The Morgan fingerprint density at radius 2 is 2.21 bits per heavy atom. The Balaban J connectivity index is 2.44. The molecule has 1 heterocycles. The number of carboxylic acids is 1. The molecule has 2 rings (SSSR count). The maximum absolute atomic E-state index is 10.3. The van der Waals surface area contributed by atoms with E-state index in [9.17, 15) is 4.79 Å². The van der Waals surface area contributed by atoms with Crippen LogP contribution >= 0.6 is 0 Å². The Morgan fingerprint density at radius 1 is 1.36 bits per heavy atom. The van der Waals surface area contributed by atoms with E-state index in [1.165, 1.54) is 6.08 Å². The van der Waals surface area contributed by atoms with Crippen LogP contribution < -0.4 is 0 Å². The first-order valence-corrected chi connectivity index (χ1v) is 4.14. The van der Waals surface area contributed by atoms with Crippen LogP contribution in [0.1, 0.15) is 5.76 Å². The topological polar surface area (TPSA) is 50.4 Å². The molecule has 0 fully saturated rings. The van der Waals surface area contributed by atoms with E-state index < -0.39 is 5.97 Å². The molecule has 1 aliphatic carbocycles. The first-order valence-electron chi connectivity index (χ1n) is 4.14. The Bertz CT molecular complexity index is 454. The number of carbonyl (C=O) groups is 1. The van der Waals surface area contributed by atoms with Crippen molar-refractivity contribution in [3.8, 4) is 11.1 Å². The molecule has 1 N–H and O–H groups in total. The normalized spacial score (nSPS) is 11.1. The summed E-state index contributed by atoms with van der Waals surface area (Å²) in [5.41, 5.74) is 1.96. The third-order valence-electron chi connectivity index (χ3n) is 1.94. The van der Waals surface area contributed by atoms with Crippen molar-refractivity contribution in [2.24, 2.45) is 0 Å². The molecule has 0 aromatic carbocycles. The van der Waals surface area contributed by atoms with E-state index >= 15 is 0 Å². The SMILES string of the molecule is O=C(O)C=Cc1occc2cccc1-2. The quantitative estimate of drug-likeness (QED) is 0.736. The summed E-state index contributed by atoms with van der Waals surface area (Å²) in [5, 5.41) is 8.47. The average molecular weight is 188 g/mol. The summed E-state index contributed by atoms with van der Waals surface area (Å²) >= 11 is 0. The molecule has 0 aromatic heterocycles. The lowest BCUT2D eigenvalue weighted by molar-refractivity contribution is -0.131. The van der Waals surface area contributed by atoms with Gasteiger partial charge in [0, 0.05) is 11.6 Å². The van der Waals surface area contributed by atoms with Gasteiger partial charge in [0.25, 0.3) is 0 Å². The summed E-state index contributed by atoms with van der Waals surface area (Å²) < 4.78 is 5.20. The van der Waals surface area contributed by atoms with Gasteiger partial charge in [-0.15, -0.1) is 0 Å². The van der Waals surface area contributed by atoms with Crippen molar-refractivity contribution in [1.82, 2.24) is 0 Å². The molecule has 0 spiro atoms. The summed E-state index contributed by atoms with van der Waals surface area (Å²) in [7, 11) is 0. The van der Waals surface area contributed by atoms with Crippen molar-refractivity contribution in [2.75, 3.05) is 0 Å². The van der Waals surface area contributed by atoms with E-state index in [0.29, 0.717) is 5.76 Å². The lowest BCUT2D eigenvalue weighted by atomic mass is 10.1. The van der Waals surface area contributed by atoms with E-state index in [1.807, 2.05) is 24.3 Å². The summed E-state index contributed by atoms with van der Waals surface area (Å²) in [4.78, 5) is 10.3. The highest BCUT2D eigenvalue weighted by molar-refractivity contribution is 5.87. The molecular formula is C11H8O3. The van der Waals surface area contributed by atoms with Crippen LogP contribution in [0.4, 0.5) is 0 Å². The summed E-state index contributed by atoms with van der Waals surface area (Å²) in [6.45, 7) is 0. The maximum Gasteiger partial charge on any atom is 0.328 e. The molecular weight excluding hydrogens is 180 g/mol. The number of hydrogen-bond donors (Lipinski definition) is 1. The van der Waals surface area contributed by atoms with Crippen LogP contribution in [0.2, 0.25) is 0 Å². The third-order valence-corrected chi connectivity index (χ3v) is 1.94. The number of carboxylic acid groups (broad SMARTS) is 1. The zero-order valence-electron chi connectivity index (χ0n) is 7.31. The van der Waals surface area contributed by atoms with Crippen LogP contribution in [0, 0.1) is 0 Å². The number of aliphatic carboxylic acids is 1. The lowest BCUT2D eigenvalue weighted by Gasteiger charge is -2.00. The van der Waals surface area contributed by atoms with Gasteiger partial charge in [-0.25, -0.2) is 4.79 Å². The molecule has 0 unspecified atom stereocenters. The Morgan fingerprint density at radius 3 is 3.00 bits per heavy atom. The number of fused-ring (bicyclic) bond motifs is 1. The smallest absolute Gasteiger partial charge is 0.328 e. The van der Waals surface area contributed by atoms with Crippen LogP contribution in [0.15, 0.2) is 41.0 Å². The zero-order chi connectivity index (χ0) is 9.97. The summed E-state index contributed by atoms with van der Waals surface area (Å²) in [6.07, 6.45) is 4.06. The van der Waals surface area contributed by atoms with Gasteiger partial charge < -0.3 is 9.52 Å². The molecule has 0 saturated heterocycles. The standard InChI is InChI=1S/C11H8O3/c12-11(13)5-4-10-9-3-1-2-8(9)6-7-14-10/h1-7H,(H,12,13). The van der Waals surface area contributed by atoms with Crippen LogP contribution in [0.5, 0.6) is 0 Å². The minimum Gasteiger partial charge on any atom is -0.478 e. The van der Waals surface area contributed by atoms with Crippen LogP contribution in [0.3, 0.4) is 0 Å². The molecule has 0 saturated carbocycles. The van der Waals surface area contributed by atoms with Crippen molar-refractivity contribution >= 4 is 12.0 Å². The van der Waals surface area contributed by atoms with Gasteiger partial charge in [-0.3, -0.25) is 0 Å². The van der Waals surface area contributed by atoms with Crippen LogP contribution in [-0.4, -0.2) is 11.1 Å². The second-order valence-corrected chi connectivity index (χ2v) is 2.85. The van der Waals surface area contributed by atoms with Gasteiger partial charge in [0.05, 0.1) is 6.26 Å². The monoisotopic (exact) mass is 188 g/mol. The predicted molar refractivity (Wildman–Crippen MR) is 52.0 cm³/mol. The fraction of sp³-hybridized carbons (Fsp3) is 0. The molecule has 0 radical (unpaired) electrons. The fourth-order valence-corrected chi connectivity index (χ4v) is 1.32. The first-order chi connectivity index (χ1) is 6.77. The van der Waals surface area contributed by atoms with Crippen molar-refractivity contribution < 1.29 is 14.3 Å². The van der Waals surface area contributed by atoms with Gasteiger partial charge in [-0.1, -0.05) is 18.2 Å². The van der Waals surface area contributed by atoms with Gasteiger partial charge in [-0.05, 0) is 17.7 Å². The Kier molecular flexibility index (Phi) is 2.07. The Labute approximate surface area is 80.6 Å². The Hall–Kier alpha value is -2.03. The molecule has 0 amide bonds. The number of hydrogen-bond acceptors (Lipinski definition) is 2. The van der Waals surface area contributed by atoms with Gasteiger partial charge in [0.2, 0.25) is 0 Å². The zero-order valence-corrected chi connectivity index (χ0v) is 7.31. The van der Waals surface area contributed by atoms with Gasteiger partial charge in [0.1, 0.15) is 5.76 Å². The highest BCUT2D eigenvalue weighted by atomic mass is 16.4. The molecule has 2 aliphatic rings. The molecule has 3 heteroatoms.